The Balaban J connectivity index is 1.66. The summed E-state index contributed by atoms with van der Waals surface area (Å²) in [5, 5.41) is 29.7. The van der Waals surface area contributed by atoms with Crippen molar-refractivity contribution in [1.82, 2.24) is 9.80 Å². The number of aliphatic hydroxyl groups is 2. The summed E-state index contributed by atoms with van der Waals surface area (Å²) in [6.45, 7) is 4.29. The van der Waals surface area contributed by atoms with E-state index < -0.39 is 17.9 Å². The Morgan fingerprint density at radius 1 is 1.08 bits per heavy atom. The first-order valence-corrected chi connectivity index (χ1v) is 13.8. The molecule has 0 radical (unpaired) electrons. The number of carbonyl (C=O) groups excluding carboxylic acids is 1. The molecule has 4 rings (SSSR count). The van der Waals surface area contributed by atoms with Crippen molar-refractivity contribution >= 4 is 11.9 Å². The number of fused-ring (bicyclic) bond motifs is 1. The Morgan fingerprint density at radius 3 is 2.55 bits per heavy atom. The summed E-state index contributed by atoms with van der Waals surface area (Å²) in [5.74, 6) is -1.05. The van der Waals surface area contributed by atoms with Crippen molar-refractivity contribution in [3.05, 3.63) is 64.7 Å². The highest BCUT2D eigenvalue weighted by atomic mass is 16.5. The highest BCUT2D eigenvalue weighted by Crippen LogP contribution is 2.41. The van der Waals surface area contributed by atoms with E-state index in [1.54, 1.807) is 4.90 Å². The number of nitrogens with zero attached hydrogens (tertiary/aromatic N) is 2. The lowest BCUT2D eigenvalue weighted by Gasteiger charge is -2.30. The fourth-order valence-electron chi connectivity index (χ4n) is 5.90. The molecule has 1 saturated heterocycles. The Morgan fingerprint density at radius 2 is 1.84 bits per heavy atom. The van der Waals surface area contributed by atoms with Crippen molar-refractivity contribution < 1.29 is 29.6 Å². The normalized spacial score (nSPS) is 20.8. The van der Waals surface area contributed by atoms with E-state index in [9.17, 15) is 24.9 Å². The number of rotatable bonds is 13. The van der Waals surface area contributed by atoms with Crippen LogP contribution in [0.15, 0.2) is 42.5 Å². The Hall–Kier alpha value is -2.94. The van der Waals surface area contributed by atoms with Crippen molar-refractivity contribution in [2.75, 3.05) is 39.4 Å². The largest absolute Gasteiger partial charge is 0.493 e. The summed E-state index contributed by atoms with van der Waals surface area (Å²) in [6.07, 6.45) is 3.58. The van der Waals surface area contributed by atoms with Gasteiger partial charge in [0.1, 0.15) is 5.75 Å². The third-order valence-corrected chi connectivity index (χ3v) is 7.95. The molecule has 206 valence electrons. The number of benzene rings is 2. The first-order valence-electron chi connectivity index (χ1n) is 13.8. The summed E-state index contributed by atoms with van der Waals surface area (Å²) in [4.78, 5) is 30.1. The lowest BCUT2D eigenvalue weighted by molar-refractivity contribution is -0.143. The van der Waals surface area contributed by atoms with E-state index in [-0.39, 0.29) is 31.6 Å². The Bertz CT molecular complexity index is 1100. The predicted molar refractivity (Wildman–Crippen MR) is 144 cm³/mol. The van der Waals surface area contributed by atoms with Gasteiger partial charge >= 0.3 is 5.97 Å². The van der Waals surface area contributed by atoms with Crippen LogP contribution in [0.5, 0.6) is 5.75 Å². The quantitative estimate of drug-likeness (QED) is 0.370. The van der Waals surface area contributed by atoms with Crippen molar-refractivity contribution in [1.29, 1.82) is 0 Å². The van der Waals surface area contributed by atoms with Crippen molar-refractivity contribution in [2.24, 2.45) is 5.92 Å². The summed E-state index contributed by atoms with van der Waals surface area (Å²) < 4.78 is 5.66. The molecule has 0 aromatic heterocycles. The fraction of sp³-hybridized carbons (Fsp3) is 0.533. The second kappa shape index (κ2) is 13.2. The highest BCUT2D eigenvalue weighted by molar-refractivity contribution is 5.79. The molecule has 0 spiro atoms. The Labute approximate surface area is 224 Å². The average Bonchev–Trinajstić information content (AvgIpc) is 3.53. The number of aliphatic hydroxyl groups excluding tert-OH is 2. The number of hydrogen-bond acceptors (Lipinski definition) is 6. The zero-order chi connectivity index (χ0) is 27.1. The van der Waals surface area contributed by atoms with Gasteiger partial charge in [0.2, 0.25) is 5.91 Å². The molecule has 2 aromatic rings. The maximum Gasteiger partial charge on any atom is 0.308 e. The van der Waals surface area contributed by atoms with Crippen LogP contribution < -0.4 is 4.74 Å². The van der Waals surface area contributed by atoms with Crippen LogP contribution in [0.3, 0.4) is 0 Å². The van der Waals surface area contributed by atoms with E-state index in [0.29, 0.717) is 39.1 Å². The summed E-state index contributed by atoms with van der Waals surface area (Å²) in [6, 6.07) is 13.1. The molecule has 38 heavy (non-hydrogen) atoms. The molecule has 8 nitrogen and oxygen atoms in total. The van der Waals surface area contributed by atoms with E-state index in [0.717, 1.165) is 47.3 Å². The number of hydrogen-bond donors (Lipinski definition) is 3. The van der Waals surface area contributed by atoms with Gasteiger partial charge in [-0.3, -0.25) is 14.5 Å². The number of ether oxygens (including phenoxy) is 1. The molecule has 2 aromatic carbocycles. The zero-order valence-electron chi connectivity index (χ0n) is 22.2. The van der Waals surface area contributed by atoms with Crippen LogP contribution in [0, 0.1) is 5.92 Å². The number of carbonyl (C=O) groups is 2. The van der Waals surface area contributed by atoms with E-state index in [2.05, 4.69) is 13.0 Å². The molecule has 3 atom stereocenters. The topological polar surface area (TPSA) is 111 Å². The van der Waals surface area contributed by atoms with Gasteiger partial charge in [0.05, 0.1) is 25.7 Å². The third-order valence-electron chi connectivity index (χ3n) is 7.95. The number of carboxylic acid groups (broad SMARTS) is 1. The predicted octanol–water partition coefficient (Wildman–Crippen LogP) is 2.84. The van der Waals surface area contributed by atoms with Crippen molar-refractivity contribution in [2.45, 2.75) is 57.6 Å². The molecular formula is C30H40N2O6. The van der Waals surface area contributed by atoms with Crippen molar-refractivity contribution in [3.63, 3.8) is 0 Å². The van der Waals surface area contributed by atoms with E-state index in [4.69, 9.17) is 4.74 Å². The smallest absolute Gasteiger partial charge is 0.308 e. The van der Waals surface area contributed by atoms with E-state index >= 15 is 0 Å². The average molecular weight is 525 g/mol. The van der Waals surface area contributed by atoms with Crippen LogP contribution in [0.25, 0.3) is 0 Å². The van der Waals surface area contributed by atoms with Gasteiger partial charge in [-0.2, -0.15) is 0 Å². The molecule has 0 aliphatic carbocycles. The van der Waals surface area contributed by atoms with Gasteiger partial charge < -0.3 is 25.0 Å². The zero-order valence-corrected chi connectivity index (χ0v) is 22.2. The van der Waals surface area contributed by atoms with E-state index in [1.165, 1.54) is 0 Å². The fourth-order valence-corrected chi connectivity index (χ4v) is 5.90. The molecule has 0 saturated carbocycles. The molecule has 0 bridgehead atoms. The van der Waals surface area contributed by atoms with Gasteiger partial charge in [0, 0.05) is 44.6 Å². The number of carboxylic acids is 1. The highest BCUT2D eigenvalue weighted by Gasteiger charge is 2.47. The number of aliphatic carboxylic acids is 1. The van der Waals surface area contributed by atoms with Gasteiger partial charge in [-0.05, 0) is 47.6 Å². The van der Waals surface area contributed by atoms with Crippen LogP contribution in [-0.4, -0.2) is 82.4 Å². The molecule has 0 unspecified atom stereocenters. The van der Waals surface area contributed by atoms with Crippen LogP contribution >= 0.6 is 0 Å². The van der Waals surface area contributed by atoms with Crippen LogP contribution in [-0.2, 0) is 29.0 Å². The summed E-state index contributed by atoms with van der Waals surface area (Å²) in [7, 11) is 0. The summed E-state index contributed by atoms with van der Waals surface area (Å²) >= 11 is 0. The van der Waals surface area contributed by atoms with E-state index in [1.807, 2.05) is 41.3 Å². The standard InChI is InChI=1S/C30H40N2O6/c1-2-3-12-31(13-6-14-33)28(35)19-32-18-25(22-9-10-27-23(16-22)11-15-38-27)29(30(36)37)26(32)17-21-7-4-5-8-24(21)20-34/h4-5,7-10,16,25-26,29,33-34H,2-3,6,11-15,17-20H2,1H3,(H,36,37)/t25-,26+,29-/m1/s1. The second-order valence-corrected chi connectivity index (χ2v) is 10.4. The van der Waals surface area contributed by atoms with Crippen LogP contribution in [0.1, 0.15) is 54.4 Å². The monoisotopic (exact) mass is 524 g/mol. The SMILES string of the molecule is CCCCN(CCCO)C(=O)CN1C[C@H](c2ccc3c(c2)CCO3)[C@@H](C(=O)O)[C@@H]1Cc1ccccc1CO. The minimum absolute atomic E-state index is 0.0192. The van der Waals surface area contributed by atoms with Crippen LogP contribution in [0.2, 0.25) is 0 Å². The molecule has 2 aliphatic heterocycles. The van der Waals surface area contributed by atoms with Gasteiger partial charge in [0.25, 0.3) is 0 Å². The minimum atomic E-state index is -0.878. The molecular weight excluding hydrogens is 484 g/mol. The first-order chi connectivity index (χ1) is 18.5. The molecule has 1 fully saturated rings. The third kappa shape index (κ3) is 6.37. The minimum Gasteiger partial charge on any atom is -0.493 e. The molecule has 8 heteroatoms. The molecule has 1 amide bonds. The number of unbranched alkanes of at least 4 members (excludes halogenated alkanes) is 1. The molecule has 2 heterocycles. The van der Waals surface area contributed by atoms with Gasteiger partial charge in [-0.1, -0.05) is 49.7 Å². The maximum atomic E-state index is 13.5. The summed E-state index contributed by atoms with van der Waals surface area (Å²) in [5.41, 5.74) is 3.72. The molecule has 3 N–H and O–H groups in total. The molecule has 2 aliphatic rings. The second-order valence-electron chi connectivity index (χ2n) is 10.4. The maximum absolute atomic E-state index is 13.5. The van der Waals surface area contributed by atoms with Gasteiger partial charge in [-0.15, -0.1) is 0 Å². The first kappa shape index (κ1) is 28.1. The van der Waals surface area contributed by atoms with Gasteiger partial charge in [-0.25, -0.2) is 0 Å². The van der Waals surface area contributed by atoms with Gasteiger partial charge in [0.15, 0.2) is 0 Å². The Kier molecular flexibility index (Phi) is 9.77. The number of likely N-dealkylation sites (tertiary alicyclic amines) is 1. The van der Waals surface area contributed by atoms with Crippen molar-refractivity contribution in [3.8, 4) is 5.75 Å². The number of amides is 1. The van der Waals surface area contributed by atoms with Crippen LogP contribution in [0.4, 0.5) is 0 Å². The lowest BCUT2D eigenvalue weighted by Crippen LogP contribution is -2.45. The lowest BCUT2D eigenvalue weighted by atomic mass is 9.82.